The van der Waals surface area contributed by atoms with Crippen molar-refractivity contribution in [3.05, 3.63) is 22.4 Å². The van der Waals surface area contributed by atoms with E-state index >= 15 is 0 Å². The van der Waals surface area contributed by atoms with Gasteiger partial charge in [-0.3, -0.25) is 4.90 Å². The average molecular weight is 336 g/mol. The fourth-order valence-corrected chi connectivity index (χ4v) is 3.87. The van der Waals surface area contributed by atoms with Gasteiger partial charge in [0.1, 0.15) is 0 Å². The molecule has 2 fully saturated rings. The Morgan fingerprint density at radius 1 is 1.36 bits per heavy atom. The van der Waals surface area contributed by atoms with Crippen molar-refractivity contribution in [3.63, 3.8) is 0 Å². The van der Waals surface area contributed by atoms with Crippen LogP contribution in [0, 0.1) is 0 Å². The maximum atomic E-state index is 10.6. The molecule has 2 bridgehead atoms. The van der Waals surface area contributed by atoms with Crippen LogP contribution in [0.1, 0.15) is 30.6 Å². The molecule has 1 aromatic rings. The second-order valence-corrected chi connectivity index (χ2v) is 6.70. The number of carboxylic acids is 1. The highest BCUT2D eigenvalue weighted by atomic mass is 32.1. The number of hydrogen-bond acceptors (Lipinski definition) is 4. The molecule has 2 saturated heterocycles. The predicted octanol–water partition coefficient (Wildman–Crippen LogP) is 2.84. The van der Waals surface area contributed by atoms with Crippen LogP contribution in [0.3, 0.4) is 0 Å². The third-order valence-electron chi connectivity index (χ3n) is 4.08. The van der Waals surface area contributed by atoms with Crippen LogP contribution in [-0.2, 0) is 11.3 Å². The zero-order chi connectivity index (χ0) is 16.3. The smallest absolute Gasteiger partial charge is 0.475 e. The van der Waals surface area contributed by atoms with Gasteiger partial charge in [-0.15, -0.1) is 11.3 Å². The molecule has 0 saturated carbocycles. The molecule has 3 N–H and O–H groups in total. The Labute approximate surface area is 130 Å². The van der Waals surface area contributed by atoms with E-state index in [9.17, 15) is 13.2 Å². The van der Waals surface area contributed by atoms with Crippen molar-refractivity contribution < 1.29 is 23.1 Å². The van der Waals surface area contributed by atoms with Gasteiger partial charge in [-0.2, -0.15) is 13.2 Å². The highest BCUT2D eigenvalue weighted by molar-refractivity contribution is 7.09. The maximum Gasteiger partial charge on any atom is 0.490 e. The summed E-state index contributed by atoms with van der Waals surface area (Å²) in [4.78, 5) is 13.1. The Balaban J connectivity index is 0.000000217. The molecular formula is C14H19F3N2O2S. The van der Waals surface area contributed by atoms with E-state index in [0.717, 1.165) is 18.6 Å². The van der Waals surface area contributed by atoms with Crippen LogP contribution >= 0.6 is 11.3 Å². The number of piperidine rings is 1. The third-order valence-corrected chi connectivity index (χ3v) is 4.94. The van der Waals surface area contributed by atoms with Gasteiger partial charge in [0.05, 0.1) is 0 Å². The van der Waals surface area contributed by atoms with Crippen LogP contribution < -0.4 is 5.73 Å². The van der Waals surface area contributed by atoms with Gasteiger partial charge < -0.3 is 10.8 Å². The molecule has 3 rings (SSSR count). The van der Waals surface area contributed by atoms with E-state index in [1.54, 1.807) is 0 Å². The van der Waals surface area contributed by atoms with Crippen LogP contribution in [0.15, 0.2) is 17.5 Å². The molecule has 124 valence electrons. The van der Waals surface area contributed by atoms with Crippen LogP contribution in [-0.4, -0.2) is 40.3 Å². The molecule has 3 heterocycles. The largest absolute Gasteiger partial charge is 0.490 e. The first kappa shape index (κ1) is 17.2. The summed E-state index contributed by atoms with van der Waals surface area (Å²) in [5.74, 6) is -2.76. The number of thiophene rings is 1. The summed E-state index contributed by atoms with van der Waals surface area (Å²) in [5.41, 5.74) is 6.07. The molecule has 0 radical (unpaired) electrons. The standard InChI is InChI=1S/C12H18N2S.C2HF3O2/c13-9-6-10-3-4-11(7-9)14(10)8-12-2-1-5-15-12;3-2(4,5)1(6)7/h1-2,5,9-11H,3-4,6-8,13H2;(H,6,7)/t9?,10-,11+;. The van der Waals surface area contributed by atoms with Crippen molar-refractivity contribution >= 4 is 17.3 Å². The van der Waals surface area contributed by atoms with Crippen LogP contribution in [0.5, 0.6) is 0 Å². The molecule has 2 aliphatic rings. The number of carboxylic acid groups (broad SMARTS) is 1. The van der Waals surface area contributed by atoms with E-state index in [1.807, 2.05) is 11.3 Å². The SMILES string of the molecule is NC1C[C@H]2CC[C@@H](C1)N2Cc1cccs1.O=C(O)C(F)(F)F. The van der Waals surface area contributed by atoms with Gasteiger partial charge in [-0.05, 0) is 37.1 Å². The molecule has 2 aliphatic heterocycles. The Morgan fingerprint density at radius 2 is 1.91 bits per heavy atom. The fraction of sp³-hybridized carbons (Fsp3) is 0.643. The maximum absolute atomic E-state index is 10.6. The highest BCUT2D eigenvalue weighted by Gasteiger charge is 2.39. The number of hydrogen-bond donors (Lipinski definition) is 2. The van der Waals surface area contributed by atoms with Gasteiger partial charge in [-0.1, -0.05) is 6.07 Å². The lowest BCUT2D eigenvalue weighted by Crippen LogP contribution is -2.46. The van der Waals surface area contributed by atoms with Gasteiger partial charge in [0.15, 0.2) is 0 Å². The van der Waals surface area contributed by atoms with Gasteiger partial charge in [0.2, 0.25) is 0 Å². The van der Waals surface area contributed by atoms with E-state index in [-0.39, 0.29) is 0 Å². The summed E-state index contributed by atoms with van der Waals surface area (Å²) < 4.78 is 31.7. The monoisotopic (exact) mass is 336 g/mol. The minimum atomic E-state index is -5.08. The van der Waals surface area contributed by atoms with Gasteiger partial charge in [0.25, 0.3) is 0 Å². The van der Waals surface area contributed by atoms with Crippen LogP contribution in [0.2, 0.25) is 0 Å². The first-order valence-electron chi connectivity index (χ1n) is 7.11. The van der Waals surface area contributed by atoms with Gasteiger partial charge >= 0.3 is 12.1 Å². The van der Waals surface area contributed by atoms with Gasteiger partial charge in [-0.25, -0.2) is 4.79 Å². The molecular weight excluding hydrogens is 317 g/mol. The number of rotatable bonds is 2. The lowest BCUT2D eigenvalue weighted by molar-refractivity contribution is -0.192. The lowest BCUT2D eigenvalue weighted by Gasteiger charge is -2.37. The van der Waals surface area contributed by atoms with E-state index in [4.69, 9.17) is 15.6 Å². The van der Waals surface area contributed by atoms with Crippen molar-refractivity contribution in [1.29, 1.82) is 0 Å². The number of halogens is 3. The second-order valence-electron chi connectivity index (χ2n) is 5.67. The predicted molar refractivity (Wildman–Crippen MR) is 77.6 cm³/mol. The Bertz CT molecular complexity index is 479. The minimum Gasteiger partial charge on any atom is -0.475 e. The summed E-state index contributed by atoms with van der Waals surface area (Å²) in [6.45, 7) is 1.15. The topological polar surface area (TPSA) is 66.6 Å². The van der Waals surface area contributed by atoms with E-state index in [0.29, 0.717) is 6.04 Å². The molecule has 0 spiro atoms. The van der Waals surface area contributed by atoms with Crippen LogP contribution in [0.25, 0.3) is 0 Å². The first-order valence-corrected chi connectivity index (χ1v) is 7.99. The van der Waals surface area contributed by atoms with Crippen molar-refractivity contribution in [2.75, 3.05) is 0 Å². The summed E-state index contributed by atoms with van der Waals surface area (Å²) >= 11 is 1.88. The summed E-state index contributed by atoms with van der Waals surface area (Å²) in [6.07, 6.45) is 0.0667. The average Bonchev–Trinajstić information content (AvgIpc) is 2.98. The number of alkyl halides is 3. The number of carbonyl (C=O) groups is 1. The van der Waals surface area contributed by atoms with Crippen LogP contribution in [0.4, 0.5) is 13.2 Å². The van der Waals surface area contributed by atoms with E-state index in [2.05, 4.69) is 22.4 Å². The molecule has 8 heteroatoms. The lowest BCUT2D eigenvalue weighted by atomic mass is 9.98. The Morgan fingerprint density at radius 3 is 2.32 bits per heavy atom. The number of aliphatic carboxylic acids is 1. The Hall–Kier alpha value is -1.12. The van der Waals surface area contributed by atoms with E-state index < -0.39 is 12.1 Å². The molecule has 1 unspecified atom stereocenters. The summed E-state index contributed by atoms with van der Waals surface area (Å²) in [6, 6.07) is 6.39. The van der Waals surface area contributed by atoms with Crippen molar-refractivity contribution in [3.8, 4) is 0 Å². The highest BCUT2D eigenvalue weighted by Crippen LogP contribution is 2.36. The fourth-order valence-electron chi connectivity index (χ4n) is 3.16. The molecule has 3 atom stereocenters. The molecule has 0 aliphatic carbocycles. The quantitative estimate of drug-likeness (QED) is 0.871. The zero-order valence-corrected chi connectivity index (χ0v) is 12.7. The van der Waals surface area contributed by atoms with Crippen molar-refractivity contribution in [2.24, 2.45) is 5.73 Å². The molecule has 0 aromatic carbocycles. The van der Waals surface area contributed by atoms with Crippen molar-refractivity contribution in [1.82, 2.24) is 4.90 Å². The number of fused-ring (bicyclic) bond motifs is 2. The molecule has 0 amide bonds. The first-order chi connectivity index (χ1) is 10.3. The molecule has 1 aromatic heterocycles. The second kappa shape index (κ2) is 6.97. The summed E-state index contributed by atoms with van der Waals surface area (Å²) in [7, 11) is 0. The van der Waals surface area contributed by atoms with Crippen molar-refractivity contribution in [2.45, 2.75) is 56.5 Å². The molecule has 4 nitrogen and oxygen atoms in total. The Kier molecular flexibility index (Phi) is 5.46. The van der Waals surface area contributed by atoms with E-state index in [1.165, 1.54) is 30.6 Å². The minimum absolute atomic E-state index is 0.460. The third kappa shape index (κ3) is 4.44. The number of nitrogens with zero attached hydrogens (tertiary/aromatic N) is 1. The molecule has 22 heavy (non-hydrogen) atoms. The summed E-state index contributed by atoms with van der Waals surface area (Å²) in [5, 5.41) is 9.30. The number of nitrogens with two attached hydrogens (primary N) is 1. The zero-order valence-electron chi connectivity index (χ0n) is 11.9. The normalized spacial score (nSPS) is 28.1. The van der Waals surface area contributed by atoms with Gasteiger partial charge in [0, 0.05) is 29.5 Å².